The van der Waals surface area contributed by atoms with Gasteiger partial charge in [0.1, 0.15) is 5.78 Å². The van der Waals surface area contributed by atoms with Crippen LogP contribution in [0, 0.1) is 34.5 Å². The zero-order chi connectivity index (χ0) is 17.3. The maximum atomic E-state index is 12.8. The van der Waals surface area contributed by atoms with Crippen molar-refractivity contribution >= 4 is 11.6 Å². The van der Waals surface area contributed by atoms with Crippen molar-refractivity contribution in [2.24, 2.45) is 40.2 Å². The number of hydrogen-bond acceptors (Lipinski definition) is 3. The molecule has 0 aromatic carbocycles. The number of fused-ring (bicyclic) bond motifs is 5. The fraction of sp³-hybridized carbons (Fsp3) is 0.810. The molecule has 0 amide bonds. The second-order valence-corrected chi connectivity index (χ2v) is 9.32. The first-order valence-electron chi connectivity index (χ1n) is 9.88. The Bertz CT molecular complexity index is 636. The van der Waals surface area contributed by atoms with Crippen LogP contribution in [0.5, 0.6) is 0 Å². The van der Waals surface area contributed by atoms with Crippen LogP contribution in [0.4, 0.5) is 0 Å². The predicted octanol–water partition coefficient (Wildman–Crippen LogP) is 4.01. The summed E-state index contributed by atoms with van der Waals surface area (Å²) in [6, 6.07) is 0. The Morgan fingerprint density at radius 2 is 1.83 bits per heavy atom. The standard InChI is InChI=1S/C21H31NO2/c1-4-12-11-17(24)21(3)9-7-14-13(18(12)21)5-6-15-19(22)16(23)8-10-20(14,15)2/h12-14,18H,4-11,22H2,1-3H3/t12-,13+,14-,18-,20+,21+/m0/s1. The lowest BCUT2D eigenvalue weighted by Gasteiger charge is -2.58. The third kappa shape index (κ3) is 1.90. The first-order chi connectivity index (χ1) is 11.3. The smallest absolute Gasteiger partial charge is 0.178 e. The molecule has 0 aromatic heterocycles. The van der Waals surface area contributed by atoms with E-state index in [-0.39, 0.29) is 16.6 Å². The number of Topliss-reactive ketones (excluding diaryl/α,β-unsaturated/α-hetero) is 2. The molecule has 3 fully saturated rings. The van der Waals surface area contributed by atoms with Gasteiger partial charge in [0.05, 0.1) is 5.70 Å². The van der Waals surface area contributed by atoms with Crippen LogP contribution >= 0.6 is 0 Å². The van der Waals surface area contributed by atoms with Gasteiger partial charge in [0, 0.05) is 18.3 Å². The molecule has 0 bridgehead atoms. The molecule has 3 saturated carbocycles. The highest BCUT2D eigenvalue weighted by atomic mass is 16.1. The number of allylic oxidation sites excluding steroid dienone is 1. The van der Waals surface area contributed by atoms with Crippen LogP contribution in [0.25, 0.3) is 0 Å². The molecule has 3 nitrogen and oxygen atoms in total. The minimum absolute atomic E-state index is 0.0878. The molecular formula is C21H31NO2. The number of rotatable bonds is 1. The van der Waals surface area contributed by atoms with E-state index in [1.165, 1.54) is 5.57 Å². The largest absolute Gasteiger partial charge is 0.396 e. The van der Waals surface area contributed by atoms with Gasteiger partial charge in [0.25, 0.3) is 0 Å². The van der Waals surface area contributed by atoms with Gasteiger partial charge in [0.2, 0.25) is 0 Å². The van der Waals surface area contributed by atoms with E-state index in [9.17, 15) is 9.59 Å². The Morgan fingerprint density at radius 3 is 2.54 bits per heavy atom. The fourth-order valence-corrected chi connectivity index (χ4v) is 7.20. The van der Waals surface area contributed by atoms with Crippen molar-refractivity contribution in [1.82, 2.24) is 0 Å². The quantitative estimate of drug-likeness (QED) is 0.790. The van der Waals surface area contributed by atoms with Crippen LogP contribution < -0.4 is 5.73 Å². The number of hydrogen-bond donors (Lipinski definition) is 1. The zero-order valence-electron chi connectivity index (χ0n) is 15.4. The molecule has 0 heterocycles. The van der Waals surface area contributed by atoms with E-state index in [1.54, 1.807) is 0 Å². The molecule has 4 rings (SSSR count). The van der Waals surface area contributed by atoms with Gasteiger partial charge in [-0.15, -0.1) is 0 Å². The molecule has 0 radical (unpaired) electrons. The normalized spacial score (nSPS) is 48.1. The summed E-state index contributed by atoms with van der Waals surface area (Å²) in [7, 11) is 0. The number of carbonyl (C=O) groups excluding carboxylic acids is 2. The van der Waals surface area contributed by atoms with Crippen LogP contribution in [0.2, 0.25) is 0 Å². The lowest BCUT2D eigenvalue weighted by molar-refractivity contribution is -0.133. The van der Waals surface area contributed by atoms with Gasteiger partial charge in [-0.25, -0.2) is 0 Å². The highest BCUT2D eigenvalue weighted by Gasteiger charge is 2.61. The number of ketones is 2. The van der Waals surface area contributed by atoms with Crippen molar-refractivity contribution in [3.63, 3.8) is 0 Å². The van der Waals surface area contributed by atoms with E-state index in [1.807, 2.05) is 0 Å². The van der Waals surface area contributed by atoms with Crippen LogP contribution in [0.1, 0.15) is 72.1 Å². The molecular weight excluding hydrogens is 298 g/mol. The molecule has 132 valence electrons. The maximum absolute atomic E-state index is 12.8. The van der Waals surface area contributed by atoms with E-state index >= 15 is 0 Å². The molecule has 3 heteroatoms. The molecule has 0 aliphatic heterocycles. The van der Waals surface area contributed by atoms with E-state index in [2.05, 4.69) is 20.8 Å². The van der Waals surface area contributed by atoms with Crippen molar-refractivity contribution in [3.8, 4) is 0 Å². The minimum Gasteiger partial charge on any atom is -0.396 e. The SMILES string of the molecule is CC[C@H]1CC(=O)[C@@]2(C)CC[C@H]3[C@@H](CCC4=C(N)C(=O)CC[C@@]43C)[C@H]12. The summed E-state index contributed by atoms with van der Waals surface area (Å²) in [4.78, 5) is 24.9. The third-order valence-corrected chi connectivity index (χ3v) is 8.54. The van der Waals surface area contributed by atoms with E-state index in [0.717, 1.165) is 44.9 Å². The Balaban J connectivity index is 1.75. The van der Waals surface area contributed by atoms with Gasteiger partial charge in [-0.05, 0) is 66.8 Å². The average Bonchev–Trinajstić information content (AvgIpc) is 2.82. The Morgan fingerprint density at radius 1 is 1.08 bits per heavy atom. The van der Waals surface area contributed by atoms with Gasteiger partial charge in [-0.3, -0.25) is 9.59 Å². The van der Waals surface area contributed by atoms with Crippen molar-refractivity contribution in [2.45, 2.75) is 72.1 Å². The Kier molecular flexibility index (Phi) is 3.54. The third-order valence-electron chi connectivity index (χ3n) is 8.54. The summed E-state index contributed by atoms with van der Waals surface area (Å²) in [5, 5.41) is 0. The molecule has 0 saturated heterocycles. The number of nitrogens with two attached hydrogens (primary N) is 1. The number of carbonyl (C=O) groups is 2. The molecule has 0 unspecified atom stereocenters. The first kappa shape index (κ1) is 16.4. The van der Waals surface area contributed by atoms with Crippen LogP contribution in [-0.4, -0.2) is 11.6 Å². The van der Waals surface area contributed by atoms with Gasteiger partial charge < -0.3 is 5.73 Å². The van der Waals surface area contributed by atoms with Crippen molar-refractivity contribution in [2.75, 3.05) is 0 Å². The summed E-state index contributed by atoms with van der Waals surface area (Å²) in [6.45, 7) is 6.86. The minimum atomic E-state index is -0.0878. The van der Waals surface area contributed by atoms with Gasteiger partial charge in [-0.1, -0.05) is 27.2 Å². The van der Waals surface area contributed by atoms with Gasteiger partial charge in [-0.2, -0.15) is 0 Å². The van der Waals surface area contributed by atoms with Gasteiger partial charge >= 0.3 is 0 Å². The Hall–Kier alpha value is -1.12. The van der Waals surface area contributed by atoms with Crippen LogP contribution in [0.15, 0.2) is 11.3 Å². The van der Waals surface area contributed by atoms with E-state index in [4.69, 9.17) is 5.73 Å². The highest BCUT2D eigenvalue weighted by molar-refractivity contribution is 5.96. The van der Waals surface area contributed by atoms with Crippen molar-refractivity contribution < 1.29 is 9.59 Å². The second-order valence-electron chi connectivity index (χ2n) is 9.32. The van der Waals surface area contributed by atoms with Gasteiger partial charge in [0.15, 0.2) is 5.78 Å². The monoisotopic (exact) mass is 329 g/mol. The van der Waals surface area contributed by atoms with E-state index < -0.39 is 0 Å². The average molecular weight is 329 g/mol. The van der Waals surface area contributed by atoms with Crippen LogP contribution in [0.3, 0.4) is 0 Å². The highest BCUT2D eigenvalue weighted by Crippen LogP contribution is 2.66. The van der Waals surface area contributed by atoms with Crippen molar-refractivity contribution in [3.05, 3.63) is 11.3 Å². The Labute approximate surface area is 145 Å². The molecule has 4 aliphatic carbocycles. The molecule has 6 atom stereocenters. The molecule has 0 spiro atoms. The predicted molar refractivity (Wildman–Crippen MR) is 94.0 cm³/mol. The molecule has 2 N–H and O–H groups in total. The lowest BCUT2D eigenvalue weighted by atomic mass is 9.46. The van der Waals surface area contributed by atoms with Crippen molar-refractivity contribution in [1.29, 1.82) is 0 Å². The summed E-state index contributed by atoms with van der Waals surface area (Å²) in [5.41, 5.74) is 8.05. The topological polar surface area (TPSA) is 60.2 Å². The zero-order valence-corrected chi connectivity index (χ0v) is 15.4. The molecule has 4 aliphatic rings. The van der Waals surface area contributed by atoms with E-state index in [0.29, 0.717) is 41.6 Å². The summed E-state index contributed by atoms with van der Waals surface area (Å²) in [6.07, 6.45) is 7.72. The summed E-state index contributed by atoms with van der Waals surface area (Å²) < 4.78 is 0. The summed E-state index contributed by atoms with van der Waals surface area (Å²) in [5.74, 6) is 3.02. The molecule has 0 aromatic rings. The summed E-state index contributed by atoms with van der Waals surface area (Å²) >= 11 is 0. The second kappa shape index (κ2) is 5.19. The maximum Gasteiger partial charge on any atom is 0.178 e. The first-order valence-corrected chi connectivity index (χ1v) is 9.88. The lowest BCUT2D eigenvalue weighted by Crippen LogP contribution is -2.52. The fourth-order valence-electron chi connectivity index (χ4n) is 7.20. The molecule has 24 heavy (non-hydrogen) atoms. The van der Waals surface area contributed by atoms with Crippen LogP contribution in [-0.2, 0) is 9.59 Å².